The number of anilines is 1. The summed E-state index contributed by atoms with van der Waals surface area (Å²) in [6, 6.07) is 4.58. The number of imide groups is 1. The molecule has 0 N–H and O–H groups in total. The molecule has 1 saturated heterocycles. The van der Waals surface area contributed by atoms with Gasteiger partial charge in [0, 0.05) is 11.8 Å². The van der Waals surface area contributed by atoms with Gasteiger partial charge in [0.1, 0.15) is 0 Å². The van der Waals surface area contributed by atoms with Gasteiger partial charge in [-0.2, -0.15) is 0 Å². The summed E-state index contributed by atoms with van der Waals surface area (Å²) in [5.41, 5.74) is 2.90. The molecule has 1 saturated carbocycles. The van der Waals surface area contributed by atoms with Gasteiger partial charge in [-0.3, -0.25) is 9.59 Å². The monoisotopic (exact) mass is 385 g/mol. The highest BCUT2D eigenvalue weighted by atomic mass is 35.5. The van der Waals surface area contributed by atoms with Crippen LogP contribution in [0.5, 0.6) is 0 Å². The van der Waals surface area contributed by atoms with Crippen molar-refractivity contribution in [2.75, 3.05) is 11.5 Å². The molecule has 27 heavy (non-hydrogen) atoms. The number of ether oxygens (including phenoxy) is 1. The molecule has 2 fully saturated rings. The van der Waals surface area contributed by atoms with Crippen molar-refractivity contribution in [3.8, 4) is 0 Å². The Morgan fingerprint density at radius 3 is 2.22 bits per heavy atom. The van der Waals surface area contributed by atoms with Crippen LogP contribution in [0.4, 0.5) is 5.69 Å². The van der Waals surface area contributed by atoms with Crippen molar-refractivity contribution in [3.63, 3.8) is 0 Å². The highest BCUT2D eigenvalue weighted by Gasteiger charge is 2.61. The molecule has 5 nitrogen and oxygen atoms in total. The highest BCUT2D eigenvalue weighted by molar-refractivity contribution is 6.34. The molecule has 4 atom stereocenters. The summed E-state index contributed by atoms with van der Waals surface area (Å²) in [6.45, 7) is 5.97. The number of hydrogen-bond acceptors (Lipinski definition) is 4. The predicted octanol–water partition coefficient (Wildman–Crippen LogP) is 3.77. The normalized spacial score (nSPS) is 28.1. The number of halogens is 1. The van der Waals surface area contributed by atoms with Crippen LogP contribution in [0.1, 0.15) is 31.1 Å². The second-order valence-corrected chi connectivity index (χ2v) is 7.75. The molecule has 1 heterocycles. The fourth-order valence-corrected chi connectivity index (χ4v) is 4.90. The van der Waals surface area contributed by atoms with Crippen LogP contribution in [0.15, 0.2) is 41.5 Å². The van der Waals surface area contributed by atoms with Crippen LogP contribution >= 0.6 is 11.6 Å². The molecule has 0 unspecified atom stereocenters. The Bertz CT molecular complexity index is 894. The third kappa shape index (κ3) is 2.48. The zero-order valence-electron chi connectivity index (χ0n) is 15.4. The Balaban J connectivity index is 1.72. The first kappa shape index (κ1) is 18.0. The third-order valence-corrected chi connectivity index (χ3v) is 6.03. The Morgan fingerprint density at radius 1 is 1.11 bits per heavy atom. The molecule has 1 aromatic rings. The lowest BCUT2D eigenvalue weighted by Crippen LogP contribution is -2.33. The van der Waals surface area contributed by atoms with Crippen LogP contribution in [0, 0.1) is 23.7 Å². The molecule has 0 spiro atoms. The van der Waals surface area contributed by atoms with E-state index in [4.69, 9.17) is 16.3 Å². The SMILES string of the molecule is CCOC(=O)c1cc(N2C(=O)[C@H]3[C@H](C2=O)[C@H]2C=C[C@H]3C2=C(C)C)ccc1Cl. The molecule has 0 radical (unpaired) electrons. The van der Waals surface area contributed by atoms with Gasteiger partial charge in [0.2, 0.25) is 11.8 Å². The van der Waals surface area contributed by atoms with E-state index in [1.54, 1.807) is 13.0 Å². The van der Waals surface area contributed by atoms with Crippen molar-refractivity contribution < 1.29 is 19.1 Å². The van der Waals surface area contributed by atoms with Gasteiger partial charge in [0.15, 0.2) is 0 Å². The zero-order chi connectivity index (χ0) is 19.5. The Labute approximate surface area is 162 Å². The van der Waals surface area contributed by atoms with Gasteiger partial charge < -0.3 is 4.74 Å². The maximum Gasteiger partial charge on any atom is 0.339 e. The summed E-state index contributed by atoms with van der Waals surface area (Å²) in [5, 5.41) is 0.227. The Kier molecular flexibility index (Phi) is 4.22. The number of rotatable bonds is 3. The maximum absolute atomic E-state index is 13.1. The van der Waals surface area contributed by atoms with Crippen LogP contribution in [0.2, 0.25) is 5.02 Å². The van der Waals surface area contributed by atoms with E-state index in [-0.39, 0.29) is 52.7 Å². The lowest BCUT2D eigenvalue weighted by molar-refractivity contribution is -0.122. The largest absolute Gasteiger partial charge is 0.462 e. The summed E-state index contributed by atoms with van der Waals surface area (Å²) in [5.74, 6) is -1.74. The number of allylic oxidation sites excluding steroid dienone is 4. The number of hydrogen-bond donors (Lipinski definition) is 0. The molecule has 140 valence electrons. The van der Waals surface area contributed by atoms with Gasteiger partial charge >= 0.3 is 5.97 Å². The molecule has 2 amide bonds. The van der Waals surface area contributed by atoms with Gasteiger partial charge in [-0.1, -0.05) is 34.9 Å². The topological polar surface area (TPSA) is 63.7 Å². The minimum Gasteiger partial charge on any atom is -0.462 e. The summed E-state index contributed by atoms with van der Waals surface area (Å²) in [4.78, 5) is 39.6. The summed E-state index contributed by atoms with van der Waals surface area (Å²) in [6.07, 6.45) is 4.10. The van der Waals surface area contributed by atoms with E-state index < -0.39 is 5.97 Å². The van der Waals surface area contributed by atoms with E-state index in [9.17, 15) is 14.4 Å². The van der Waals surface area contributed by atoms with Crippen molar-refractivity contribution in [1.29, 1.82) is 0 Å². The van der Waals surface area contributed by atoms with Crippen LogP contribution in [-0.4, -0.2) is 24.4 Å². The number of nitrogens with zero attached hydrogens (tertiary/aromatic N) is 1. The molecule has 1 aromatic carbocycles. The molecule has 0 aromatic heterocycles. The van der Waals surface area contributed by atoms with Gasteiger partial charge in [-0.25, -0.2) is 9.69 Å². The quantitative estimate of drug-likeness (QED) is 0.451. The maximum atomic E-state index is 13.1. The van der Waals surface area contributed by atoms with E-state index >= 15 is 0 Å². The Hall–Kier alpha value is -2.40. The predicted molar refractivity (Wildman–Crippen MR) is 101 cm³/mol. The van der Waals surface area contributed by atoms with Crippen molar-refractivity contribution in [1.82, 2.24) is 0 Å². The number of esters is 1. The van der Waals surface area contributed by atoms with Crippen LogP contribution in [0.25, 0.3) is 0 Å². The average Bonchev–Trinajstić information content (AvgIpc) is 3.26. The molecule has 3 aliphatic rings. The van der Waals surface area contributed by atoms with Gasteiger partial charge in [0.05, 0.1) is 34.7 Å². The smallest absolute Gasteiger partial charge is 0.339 e. The van der Waals surface area contributed by atoms with Gasteiger partial charge in [-0.15, -0.1) is 0 Å². The van der Waals surface area contributed by atoms with Crippen LogP contribution < -0.4 is 4.90 Å². The summed E-state index contributed by atoms with van der Waals surface area (Å²) in [7, 11) is 0. The van der Waals surface area contributed by atoms with Gasteiger partial charge in [-0.05, 0) is 39.0 Å². The number of carbonyl (C=O) groups is 3. The number of fused-ring (bicyclic) bond motifs is 5. The fourth-order valence-electron chi connectivity index (χ4n) is 4.70. The van der Waals surface area contributed by atoms with E-state index in [2.05, 4.69) is 12.2 Å². The minimum atomic E-state index is -0.572. The molecule has 2 aliphatic carbocycles. The second-order valence-electron chi connectivity index (χ2n) is 7.34. The molecular formula is C21H20ClNO4. The van der Waals surface area contributed by atoms with E-state index in [1.807, 2.05) is 13.8 Å². The first-order chi connectivity index (χ1) is 12.9. The average molecular weight is 386 g/mol. The summed E-state index contributed by atoms with van der Waals surface area (Å²) < 4.78 is 5.01. The fraction of sp³-hybridized carbons (Fsp3) is 0.381. The van der Waals surface area contributed by atoms with Gasteiger partial charge in [0.25, 0.3) is 0 Å². The van der Waals surface area contributed by atoms with Crippen molar-refractivity contribution in [2.45, 2.75) is 20.8 Å². The first-order valence-corrected chi connectivity index (χ1v) is 9.44. The molecule has 1 aliphatic heterocycles. The van der Waals surface area contributed by atoms with E-state index in [1.165, 1.54) is 28.2 Å². The third-order valence-electron chi connectivity index (χ3n) is 5.70. The summed E-state index contributed by atoms with van der Waals surface area (Å²) >= 11 is 6.11. The lowest BCUT2D eigenvalue weighted by Gasteiger charge is -2.20. The second kappa shape index (κ2) is 6.34. The number of benzene rings is 1. The van der Waals surface area contributed by atoms with Crippen molar-refractivity contribution in [3.05, 3.63) is 52.1 Å². The number of amides is 2. The molecule has 4 rings (SSSR count). The van der Waals surface area contributed by atoms with Crippen molar-refractivity contribution >= 4 is 35.1 Å². The zero-order valence-corrected chi connectivity index (χ0v) is 16.1. The lowest BCUT2D eigenvalue weighted by atomic mass is 9.85. The van der Waals surface area contributed by atoms with Crippen molar-refractivity contribution in [2.24, 2.45) is 23.7 Å². The Morgan fingerprint density at radius 2 is 1.70 bits per heavy atom. The first-order valence-electron chi connectivity index (χ1n) is 9.06. The molecule has 2 bridgehead atoms. The number of carbonyl (C=O) groups excluding carboxylic acids is 3. The van der Waals surface area contributed by atoms with E-state index in [0.717, 1.165) is 0 Å². The standard InChI is InChI=1S/C21H20ClNO4/c1-4-27-21(26)14-9-11(5-8-15(14)22)23-19(24)17-12-6-7-13(16(12)10(2)3)18(17)20(23)25/h5-9,12-13,17-18H,4H2,1-3H3/t12-,13-,17+,18+/m0/s1. The van der Waals surface area contributed by atoms with Crippen LogP contribution in [-0.2, 0) is 14.3 Å². The molecular weight excluding hydrogens is 366 g/mol. The van der Waals surface area contributed by atoms with Crippen LogP contribution in [0.3, 0.4) is 0 Å². The highest BCUT2D eigenvalue weighted by Crippen LogP contribution is 2.57. The molecule has 6 heteroatoms. The van der Waals surface area contributed by atoms with E-state index in [0.29, 0.717) is 5.69 Å². The minimum absolute atomic E-state index is 0.0109.